The first-order valence-electron chi connectivity index (χ1n) is 8.34. The van der Waals surface area contributed by atoms with Gasteiger partial charge in [-0.25, -0.2) is 0 Å². The van der Waals surface area contributed by atoms with Crippen LogP contribution in [0, 0.1) is 6.92 Å². The van der Waals surface area contributed by atoms with E-state index < -0.39 is 43.0 Å². The first kappa shape index (κ1) is 23.7. The van der Waals surface area contributed by atoms with Crippen molar-refractivity contribution in [2.24, 2.45) is 0 Å². The monoisotopic (exact) mass is 408 g/mol. The van der Waals surface area contributed by atoms with E-state index in [0.29, 0.717) is 6.29 Å². The number of aldehydes is 1. The maximum Gasteiger partial charge on any atom is 0.295 e. The van der Waals surface area contributed by atoms with Gasteiger partial charge in [-0.05, 0) is 0 Å². The van der Waals surface area contributed by atoms with E-state index in [9.17, 15) is 19.5 Å². The highest BCUT2D eigenvalue weighted by Gasteiger charge is 2.43. The first-order chi connectivity index (χ1) is 12.9. The highest BCUT2D eigenvalue weighted by atomic mass is 31.0. The Morgan fingerprint density at radius 2 is 2.19 bits per heavy atom. The summed E-state index contributed by atoms with van der Waals surface area (Å²) in [6, 6.07) is -0.581. The summed E-state index contributed by atoms with van der Waals surface area (Å²) in [4.78, 5) is 33.2. The maximum absolute atomic E-state index is 11.5. The van der Waals surface area contributed by atoms with E-state index in [1.54, 1.807) is 0 Å². The third-order valence-corrected chi connectivity index (χ3v) is 4.29. The molecule has 10 nitrogen and oxygen atoms in total. The van der Waals surface area contributed by atoms with Gasteiger partial charge >= 0.3 is 0 Å². The molecule has 1 amide bonds. The molecule has 1 heterocycles. The smallest absolute Gasteiger partial charge is 0.295 e. The minimum atomic E-state index is -1.31. The molecule has 1 rings (SSSR count). The Balaban J connectivity index is 2.89. The molecule has 1 aliphatic rings. The summed E-state index contributed by atoms with van der Waals surface area (Å²) in [6.45, 7) is 5.11. The minimum Gasteiger partial charge on any atom is -0.434 e. The number of hydrogen-bond acceptors (Lipinski definition) is 9. The molecule has 0 bridgehead atoms. The number of carbonyl (C=O) groups is 3. The fraction of sp³-hybridized carbons (Fsp3) is 0.750. The summed E-state index contributed by atoms with van der Waals surface area (Å²) in [5.41, 5.74) is 0. The van der Waals surface area contributed by atoms with Crippen LogP contribution in [0.2, 0.25) is 0 Å². The van der Waals surface area contributed by atoms with Crippen molar-refractivity contribution in [3.8, 4) is 0 Å². The number of rotatable bonds is 12. The SMILES string of the molecule is [CH2+][C@@H]1OC(CO)CC(O[C@@H](CP)OC(OC=O)C(C=O)OC)[C@@H]1NC(C)=O. The summed E-state index contributed by atoms with van der Waals surface area (Å²) in [7, 11) is 3.68. The second-order valence-electron chi connectivity index (χ2n) is 5.85. The molecule has 11 heteroatoms. The lowest BCUT2D eigenvalue weighted by Crippen LogP contribution is -2.58. The van der Waals surface area contributed by atoms with Crippen LogP contribution in [0.3, 0.4) is 0 Å². The average molecular weight is 408 g/mol. The second kappa shape index (κ2) is 12.2. The standard InChI is InChI=1S/C16H26NO9P/c1-9-15(17-10(2)21)12(4-11(5-18)24-9)25-14(7-27)26-16(23-8-20)13(6-19)22-3/h6,8-9,11-16,18H,1,4-5,7,27H2,2-3H3/p+1/t9-,11?,12?,13?,14+,15+,16?/m0/s1. The van der Waals surface area contributed by atoms with Crippen molar-refractivity contribution < 1.29 is 43.2 Å². The molecule has 154 valence electrons. The van der Waals surface area contributed by atoms with Crippen LogP contribution in [0.15, 0.2) is 0 Å². The second-order valence-corrected chi connectivity index (χ2v) is 6.33. The van der Waals surface area contributed by atoms with Gasteiger partial charge in [0.05, 0.1) is 25.7 Å². The molecule has 8 atom stereocenters. The zero-order chi connectivity index (χ0) is 20.4. The van der Waals surface area contributed by atoms with Crippen LogP contribution in [-0.2, 0) is 38.1 Å². The van der Waals surface area contributed by atoms with Gasteiger partial charge in [-0.2, -0.15) is 0 Å². The van der Waals surface area contributed by atoms with Gasteiger partial charge < -0.3 is 38.9 Å². The normalized spacial score (nSPS) is 28.6. The molecule has 0 aromatic heterocycles. The van der Waals surface area contributed by atoms with Crippen molar-refractivity contribution in [3.05, 3.63) is 6.92 Å². The molecule has 5 unspecified atom stereocenters. The first-order valence-corrected chi connectivity index (χ1v) is 9.16. The number of carbonyl (C=O) groups excluding carboxylic acids is 3. The zero-order valence-corrected chi connectivity index (χ0v) is 16.5. The van der Waals surface area contributed by atoms with E-state index >= 15 is 0 Å². The number of aliphatic hydroxyl groups excluding tert-OH is 1. The van der Waals surface area contributed by atoms with Crippen LogP contribution < -0.4 is 5.32 Å². The maximum atomic E-state index is 11.5. The summed E-state index contributed by atoms with van der Waals surface area (Å²) >= 11 is 0. The molecule has 0 saturated carbocycles. The fourth-order valence-electron chi connectivity index (χ4n) is 2.67. The van der Waals surface area contributed by atoms with Gasteiger partial charge in [0.1, 0.15) is 6.04 Å². The number of methoxy groups -OCH3 is 1. The lowest BCUT2D eigenvalue weighted by Gasteiger charge is -2.39. The van der Waals surface area contributed by atoms with Gasteiger partial charge in [-0.15, -0.1) is 9.24 Å². The molecular weight excluding hydrogens is 381 g/mol. The topological polar surface area (TPSA) is 130 Å². The third-order valence-electron chi connectivity index (χ3n) is 3.91. The van der Waals surface area contributed by atoms with Gasteiger partial charge in [0, 0.05) is 26.6 Å². The summed E-state index contributed by atoms with van der Waals surface area (Å²) < 4.78 is 26.7. The Bertz CT molecular complexity index is 481. The Morgan fingerprint density at radius 3 is 2.67 bits per heavy atom. The molecule has 2 N–H and O–H groups in total. The molecule has 0 aliphatic carbocycles. The van der Waals surface area contributed by atoms with Crippen LogP contribution in [0.25, 0.3) is 0 Å². The molecule has 0 radical (unpaired) electrons. The van der Waals surface area contributed by atoms with E-state index in [2.05, 4.69) is 21.5 Å². The molecule has 1 saturated heterocycles. The number of hydrogen-bond donors (Lipinski definition) is 2. The molecule has 0 aromatic rings. The lowest BCUT2D eigenvalue weighted by molar-refractivity contribution is -0.272. The van der Waals surface area contributed by atoms with E-state index in [0.717, 1.165) is 0 Å². The van der Waals surface area contributed by atoms with Crippen molar-refractivity contribution in [3.63, 3.8) is 0 Å². The van der Waals surface area contributed by atoms with Crippen LogP contribution in [0.5, 0.6) is 0 Å². The largest absolute Gasteiger partial charge is 0.434 e. The molecule has 27 heavy (non-hydrogen) atoms. The van der Waals surface area contributed by atoms with Crippen molar-refractivity contribution in [1.29, 1.82) is 0 Å². The van der Waals surface area contributed by atoms with E-state index in [1.165, 1.54) is 14.0 Å². The number of ether oxygens (including phenoxy) is 5. The van der Waals surface area contributed by atoms with Crippen LogP contribution >= 0.6 is 9.24 Å². The summed E-state index contributed by atoms with van der Waals surface area (Å²) in [6.07, 6.45) is -4.14. The number of aliphatic hydroxyl groups is 1. The molecule has 0 aromatic carbocycles. The van der Waals surface area contributed by atoms with Crippen LogP contribution in [0.4, 0.5) is 0 Å². The Kier molecular flexibility index (Phi) is 10.8. The predicted octanol–water partition coefficient (Wildman–Crippen LogP) is -1.21. The molecule has 1 aliphatic heterocycles. The average Bonchev–Trinajstić information content (AvgIpc) is 2.64. The van der Waals surface area contributed by atoms with Crippen molar-refractivity contribution in [2.75, 3.05) is 19.9 Å². The number of nitrogens with one attached hydrogen (secondary N) is 1. The third kappa shape index (κ3) is 7.33. The number of amides is 1. The van der Waals surface area contributed by atoms with Crippen LogP contribution in [0.1, 0.15) is 13.3 Å². The van der Waals surface area contributed by atoms with Gasteiger partial charge in [-0.1, -0.05) is 0 Å². The van der Waals surface area contributed by atoms with Crippen LogP contribution in [-0.4, -0.2) is 86.7 Å². The Labute approximate surface area is 160 Å². The highest BCUT2D eigenvalue weighted by Crippen LogP contribution is 2.25. The Hall–Kier alpha value is -1.29. The summed E-state index contributed by atoms with van der Waals surface area (Å²) in [5.74, 6) is -0.292. The quantitative estimate of drug-likeness (QED) is 0.177. The van der Waals surface area contributed by atoms with Gasteiger partial charge in [0.15, 0.2) is 18.7 Å². The van der Waals surface area contributed by atoms with Gasteiger partial charge in [-0.3, -0.25) is 9.59 Å². The van der Waals surface area contributed by atoms with E-state index in [1.807, 2.05) is 0 Å². The van der Waals surface area contributed by atoms with Gasteiger partial charge in [0.2, 0.25) is 18.3 Å². The van der Waals surface area contributed by atoms with E-state index in [-0.39, 0.29) is 31.6 Å². The minimum absolute atomic E-state index is 0.141. The zero-order valence-electron chi connectivity index (χ0n) is 15.3. The fourth-order valence-corrected chi connectivity index (χ4v) is 2.89. The highest BCUT2D eigenvalue weighted by molar-refractivity contribution is 7.16. The molecule has 0 spiro atoms. The lowest BCUT2D eigenvalue weighted by atomic mass is 9.96. The van der Waals surface area contributed by atoms with Gasteiger partial charge in [0.25, 0.3) is 6.47 Å². The molecular formula is C16H27NO9P+. The van der Waals surface area contributed by atoms with Crippen molar-refractivity contribution in [2.45, 2.75) is 56.4 Å². The Morgan fingerprint density at radius 1 is 1.48 bits per heavy atom. The summed E-state index contributed by atoms with van der Waals surface area (Å²) in [5, 5.41) is 12.1. The van der Waals surface area contributed by atoms with Crippen molar-refractivity contribution in [1.82, 2.24) is 5.32 Å². The van der Waals surface area contributed by atoms with E-state index in [4.69, 9.17) is 23.7 Å². The predicted molar refractivity (Wildman–Crippen MR) is 95.4 cm³/mol. The molecule has 1 fully saturated rings. The van der Waals surface area contributed by atoms with Crippen molar-refractivity contribution >= 4 is 27.9 Å².